The van der Waals surface area contributed by atoms with Crippen LogP contribution in [0.1, 0.15) is 24.2 Å². The lowest BCUT2D eigenvalue weighted by Gasteiger charge is -2.17. The smallest absolute Gasteiger partial charge is 0.336 e. The highest BCUT2D eigenvalue weighted by Gasteiger charge is 2.11. The number of hydrogen-bond acceptors (Lipinski definition) is 3. The number of rotatable bonds is 7. The van der Waals surface area contributed by atoms with Crippen LogP contribution in [-0.4, -0.2) is 41.4 Å². The standard InChI is InChI=1S/C17H21NO2S/c1-3-18(4-2)11-12-21-16-10-9-15(17(19)20)13-7-5-6-8-14(13)16/h5-10H,3-4,11-12H2,1-2H3,(H,19,20). The van der Waals surface area contributed by atoms with Gasteiger partial charge in [-0.05, 0) is 36.0 Å². The highest BCUT2D eigenvalue weighted by Crippen LogP contribution is 2.30. The van der Waals surface area contributed by atoms with Crippen molar-refractivity contribution in [1.29, 1.82) is 0 Å². The topological polar surface area (TPSA) is 40.5 Å². The van der Waals surface area contributed by atoms with Crippen LogP contribution in [0.2, 0.25) is 0 Å². The molecule has 0 bridgehead atoms. The minimum Gasteiger partial charge on any atom is -0.478 e. The van der Waals surface area contributed by atoms with Crippen molar-refractivity contribution >= 4 is 28.5 Å². The molecule has 0 fully saturated rings. The van der Waals surface area contributed by atoms with Gasteiger partial charge in [0.05, 0.1) is 5.56 Å². The van der Waals surface area contributed by atoms with E-state index in [1.165, 1.54) is 0 Å². The zero-order valence-corrected chi connectivity index (χ0v) is 13.3. The SMILES string of the molecule is CCN(CC)CCSc1ccc(C(=O)O)c2ccccc12. The molecule has 0 aliphatic carbocycles. The molecule has 2 aromatic rings. The van der Waals surface area contributed by atoms with Crippen molar-refractivity contribution in [3.63, 3.8) is 0 Å². The Labute approximate surface area is 130 Å². The number of hydrogen-bond donors (Lipinski definition) is 1. The van der Waals surface area contributed by atoms with Gasteiger partial charge in [0, 0.05) is 17.2 Å². The van der Waals surface area contributed by atoms with E-state index in [0.29, 0.717) is 5.56 Å². The van der Waals surface area contributed by atoms with Crippen molar-refractivity contribution in [1.82, 2.24) is 4.90 Å². The molecule has 112 valence electrons. The number of fused-ring (bicyclic) bond motifs is 1. The second kappa shape index (κ2) is 7.48. The zero-order chi connectivity index (χ0) is 15.2. The highest BCUT2D eigenvalue weighted by molar-refractivity contribution is 7.99. The molecule has 2 aromatic carbocycles. The normalized spacial score (nSPS) is 11.2. The lowest BCUT2D eigenvalue weighted by atomic mass is 10.0. The van der Waals surface area contributed by atoms with E-state index in [0.717, 1.165) is 41.1 Å². The summed E-state index contributed by atoms with van der Waals surface area (Å²) in [6.45, 7) is 7.52. The lowest BCUT2D eigenvalue weighted by molar-refractivity contribution is 0.0699. The Kier molecular flexibility index (Phi) is 5.65. The molecule has 0 radical (unpaired) electrons. The third-order valence-corrected chi connectivity index (χ3v) is 4.73. The summed E-state index contributed by atoms with van der Waals surface area (Å²) in [4.78, 5) is 14.8. The van der Waals surface area contributed by atoms with Gasteiger partial charge in [-0.25, -0.2) is 4.79 Å². The van der Waals surface area contributed by atoms with Crippen LogP contribution in [0, 0.1) is 0 Å². The van der Waals surface area contributed by atoms with Gasteiger partial charge in [0.2, 0.25) is 0 Å². The van der Waals surface area contributed by atoms with Crippen molar-refractivity contribution in [2.45, 2.75) is 18.7 Å². The van der Waals surface area contributed by atoms with Crippen molar-refractivity contribution < 1.29 is 9.90 Å². The van der Waals surface area contributed by atoms with Gasteiger partial charge >= 0.3 is 5.97 Å². The molecule has 0 saturated carbocycles. The van der Waals surface area contributed by atoms with E-state index in [1.54, 1.807) is 17.8 Å². The first-order chi connectivity index (χ1) is 10.2. The minimum absolute atomic E-state index is 0.374. The first-order valence-electron chi connectivity index (χ1n) is 7.27. The number of carboxylic acid groups (broad SMARTS) is 1. The molecule has 1 N–H and O–H groups in total. The Morgan fingerprint density at radius 3 is 2.38 bits per heavy atom. The van der Waals surface area contributed by atoms with Gasteiger partial charge in [-0.1, -0.05) is 38.1 Å². The number of nitrogens with zero attached hydrogens (tertiary/aromatic N) is 1. The van der Waals surface area contributed by atoms with Gasteiger partial charge in [-0.2, -0.15) is 0 Å². The van der Waals surface area contributed by atoms with Crippen LogP contribution in [-0.2, 0) is 0 Å². The number of carboxylic acids is 1. The lowest BCUT2D eigenvalue weighted by Crippen LogP contribution is -2.25. The van der Waals surface area contributed by atoms with E-state index in [2.05, 4.69) is 18.7 Å². The summed E-state index contributed by atoms with van der Waals surface area (Å²) < 4.78 is 0. The van der Waals surface area contributed by atoms with E-state index in [-0.39, 0.29) is 0 Å². The Balaban J connectivity index is 2.21. The van der Waals surface area contributed by atoms with Crippen molar-refractivity contribution in [2.75, 3.05) is 25.4 Å². The van der Waals surface area contributed by atoms with Crippen LogP contribution in [0.15, 0.2) is 41.3 Å². The Bertz CT molecular complexity index is 623. The second-order valence-corrected chi connectivity index (χ2v) is 5.97. The molecule has 0 aliphatic rings. The second-order valence-electron chi connectivity index (χ2n) is 4.84. The zero-order valence-electron chi connectivity index (χ0n) is 12.5. The first-order valence-corrected chi connectivity index (χ1v) is 8.26. The van der Waals surface area contributed by atoms with Crippen LogP contribution >= 0.6 is 11.8 Å². The third-order valence-electron chi connectivity index (χ3n) is 3.67. The molecule has 0 atom stereocenters. The molecule has 4 heteroatoms. The summed E-state index contributed by atoms with van der Waals surface area (Å²) in [5.74, 6) is 0.142. The fourth-order valence-corrected chi connectivity index (χ4v) is 3.48. The average Bonchev–Trinajstić information content (AvgIpc) is 2.51. The molecule has 0 unspecified atom stereocenters. The number of thioether (sulfide) groups is 1. The predicted molar refractivity (Wildman–Crippen MR) is 89.4 cm³/mol. The van der Waals surface area contributed by atoms with Crippen LogP contribution in [0.5, 0.6) is 0 Å². The molecule has 0 saturated heterocycles. The van der Waals surface area contributed by atoms with E-state index < -0.39 is 5.97 Å². The maximum absolute atomic E-state index is 11.3. The van der Waals surface area contributed by atoms with Gasteiger partial charge in [-0.15, -0.1) is 11.8 Å². The van der Waals surface area contributed by atoms with Crippen molar-refractivity contribution in [3.05, 3.63) is 42.0 Å². The molecule has 21 heavy (non-hydrogen) atoms. The van der Waals surface area contributed by atoms with Gasteiger partial charge < -0.3 is 10.0 Å². The van der Waals surface area contributed by atoms with Crippen LogP contribution in [0.4, 0.5) is 0 Å². The summed E-state index contributed by atoms with van der Waals surface area (Å²) in [5, 5.41) is 11.1. The largest absolute Gasteiger partial charge is 0.478 e. The molecule has 3 nitrogen and oxygen atoms in total. The number of benzene rings is 2. The molecule has 2 rings (SSSR count). The highest BCUT2D eigenvalue weighted by atomic mass is 32.2. The van der Waals surface area contributed by atoms with Crippen LogP contribution in [0.25, 0.3) is 10.8 Å². The fraction of sp³-hybridized carbons (Fsp3) is 0.353. The summed E-state index contributed by atoms with van der Waals surface area (Å²) in [5.41, 5.74) is 0.374. The van der Waals surface area contributed by atoms with Gasteiger partial charge in [0.1, 0.15) is 0 Å². The van der Waals surface area contributed by atoms with Crippen molar-refractivity contribution in [3.8, 4) is 0 Å². The van der Waals surface area contributed by atoms with Crippen LogP contribution in [0.3, 0.4) is 0 Å². The summed E-state index contributed by atoms with van der Waals surface area (Å²) >= 11 is 1.79. The van der Waals surface area contributed by atoms with E-state index in [4.69, 9.17) is 0 Å². The van der Waals surface area contributed by atoms with Crippen LogP contribution < -0.4 is 0 Å². The van der Waals surface area contributed by atoms with Gasteiger partial charge in [0.25, 0.3) is 0 Å². The summed E-state index contributed by atoms with van der Waals surface area (Å²) in [6.07, 6.45) is 0. The Hall–Kier alpha value is -1.52. The van der Waals surface area contributed by atoms with Crippen molar-refractivity contribution in [2.24, 2.45) is 0 Å². The number of carbonyl (C=O) groups is 1. The molecule has 0 spiro atoms. The molecular formula is C17H21NO2S. The molecule has 0 heterocycles. The molecule has 0 aliphatic heterocycles. The quantitative estimate of drug-likeness (QED) is 0.786. The maximum atomic E-state index is 11.3. The summed E-state index contributed by atoms with van der Waals surface area (Å²) in [7, 11) is 0. The molecule has 0 aromatic heterocycles. The minimum atomic E-state index is -0.870. The average molecular weight is 303 g/mol. The fourth-order valence-electron chi connectivity index (χ4n) is 2.41. The third kappa shape index (κ3) is 3.77. The van der Waals surface area contributed by atoms with Gasteiger partial charge in [0.15, 0.2) is 0 Å². The van der Waals surface area contributed by atoms with E-state index in [1.807, 2.05) is 30.3 Å². The Morgan fingerprint density at radius 2 is 1.76 bits per heavy atom. The van der Waals surface area contributed by atoms with E-state index >= 15 is 0 Å². The predicted octanol–water partition coefficient (Wildman–Crippen LogP) is 3.97. The summed E-state index contributed by atoms with van der Waals surface area (Å²) in [6, 6.07) is 11.4. The maximum Gasteiger partial charge on any atom is 0.336 e. The van der Waals surface area contributed by atoms with Gasteiger partial charge in [-0.3, -0.25) is 0 Å². The number of aromatic carboxylic acids is 1. The first kappa shape index (κ1) is 15.9. The molecular weight excluding hydrogens is 282 g/mol. The Morgan fingerprint density at radius 1 is 1.10 bits per heavy atom. The monoisotopic (exact) mass is 303 g/mol. The van der Waals surface area contributed by atoms with E-state index in [9.17, 15) is 9.90 Å². The molecule has 0 amide bonds.